The van der Waals surface area contributed by atoms with Crippen LogP contribution >= 0.6 is 0 Å². The predicted molar refractivity (Wildman–Crippen MR) is 75.7 cm³/mol. The van der Waals surface area contributed by atoms with Gasteiger partial charge in [-0.15, -0.1) is 0 Å². The van der Waals surface area contributed by atoms with Gasteiger partial charge in [0.05, 0.1) is 6.04 Å². The lowest BCUT2D eigenvalue weighted by atomic mass is 9.93. The first-order valence-corrected chi connectivity index (χ1v) is 7.32. The van der Waals surface area contributed by atoms with Crippen molar-refractivity contribution in [1.29, 1.82) is 0 Å². The summed E-state index contributed by atoms with van der Waals surface area (Å²) in [6, 6.07) is -0.480. The standard InChI is InChI=1S/C14H22N2O6/c1-3-13(21-12(19)8-15-9-17)22-14(20)16(2)10-6-4-5-7-11(10)18/h9-10,13H,3-8H2,1-2H3,(H,15,17). The van der Waals surface area contributed by atoms with Crippen molar-refractivity contribution in [2.75, 3.05) is 13.6 Å². The van der Waals surface area contributed by atoms with Gasteiger partial charge in [-0.3, -0.25) is 14.4 Å². The number of nitrogens with one attached hydrogen (secondary N) is 1. The van der Waals surface area contributed by atoms with Gasteiger partial charge in [0.15, 0.2) is 5.78 Å². The van der Waals surface area contributed by atoms with Crippen LogP contribution < -0.4 is 5.32 Å². The number of nitrogens with zero attached hydrogens (tertiary/aromatic N) is 1. The van der Waals surface area contributed by atoms with Crippen LogP contribution in [-0.4, -0.2) is 55.1 Å². The SMILES string of the molecule is CCC(OC(=O)CNC=O)OC(=O)N(C)C1CCCCC1=O. The van der Waals surface area contributed by atoms with Crippen molar-refractivity contribution >= 4 is 24.3 Å². The summed E-state index contributed by atoms with van der Waals surface area (Å²) in [7, 11) is 1.50. The maximum atomic E-state index is 12.0. The average Bonchev–Trinajstić information content (AvgIpc) is 2.51. The van der Waals surface area contributed by atoms with Gasteiger partial charge in [-0.1, -0.05) is 13.3 Å². The molecule has 1 rings (SSSR count). The molecule has 2 unspecified atom stereocenters. The van der Waals surface area contributed by atoms with E-state index in [-0.39, 0.29) is 18.7 Å². The molecule has 2 atom stereocenters. The summed E-state index contributed by atoms with van der Waals surface area (Å²) < 4.78 is 10.0. The monoisotopic (exact) mass is 314 g/mol. The van der Waals surface area contributed by atoms with Gasteiger partial charge in [-0.25, -0.2) is 4.79 Å². The largest absolute Gasteiger partial charge is 0.424 e. The molecule has 0 aromatic heterocycles. The summed E-state index contributed by atoms with van der Waals surface area (Å²) in [6.45, 7) is 1.39. The van der Waals surface area contributed by atoms with E-state index in [0.29, 0.717) is 19.3 Å². The number of carbonyl (C=O) groups is 4. The number of Topliss-reactive ketones (excluding diaryl/α,β-unsaturated/α-hetero) is 1. The Balaban J connectivity index is 2.50. The van der Waals surface area contributed by atoms with Gasteiger partial charge < -0.3 is 19.7 Å². The molecule has 0 aromatic carbocycles. The van der Waals surface area contributed by atoms with Crippen LogP contribution in [0.25, 0.3) is 0 Å². The van der Waals surface area contributed by atoms with Gasteiger partial charge in [0.1, 0.15) is 6.54 Å². The van der Waals surface area contributed by atoms with Crippen LogP contribution in [0.2, 0.25) is 0 Å². The van der Waals surface area contributed by atoms with Crippen molar-refractivity contribution in [3.8, 4) is 0 Å². The Labute approximate surface area is 129 Å². The van der Waals surface area contributed by atoms with Gasteiger partial charge in [-0.2, -0.15) is 0 Å². The third-order valence-electron chi connectivity index (χ3n) is 3.44. The Morgan fingerprint density at radius 1 is 1.41 bits per heavy atom. The summed E-state index contributed by atoms with van der Waals surface area (Å²) in [5.74, 6) is -0.686. The van der Waals surface area contributed by atoms with Crippen molar-refractivity contribution in [3.05, 3.63) is 0 Å². The van der Waals surface area contributed by atoms with E-state index in [4.69, 9.17) is 9.47 Å². The number of rotatable bonds is 7. The molecular formula is C14H22N2O6. The number of amides is 2. The van der Waals surface area contributed by atoms with Crippen LogP contribution in [0.1, 0.15) is 39.0 Å². The number of carbonyl (C=O) groups excluding carboxylic acids is 4. The molecule has 22 heavy (non-hydrogen) atoms. The van der Waals surface area contributed by atoms with Crippen LogP contribution in [0.15, 0.2) is 0 Å². The van der Waals surface area contributed by atoms with Crippen LogP contribution in [0, 0.1) is 0 Å². The van der Waals surface area contributed by atoms with Crippen LogP contribution in [0.3, 0.4) is 0 Å². The minimum atomic E-state index is -1.05. The summed E-state index contributed by atoms with van der Waals surface area (Å²) in [5, 5.41) is 2.16. The Bertz CT molecular complexity index is 426. The van der Waals surface area contributed by atoms with E-state index in [9.17, 15) is 19.2 Å². The molecule has 8 nitrogen and oxygen atoms in total. The van der Waals surface area contributed by atoms with Gasteiger partial charge in [0.25, 0.3) is 0 Å². The lowest BCUT2D eigenvalue weighted by Crippen LogP contribution is -2.45. The fourth-order valence-corrected chi connectivity index (χ4v) is 2.20. The van der Waals surface area contributed by atoms with E-state index in [2.05, 4.69) is 5.32 Å². The molecule has 0 aliphatic heterocycles. The third-order valence-corrected chi connectivity index (χ3v) is 3.44. The summed E-state index contributed by atoms with van der Waals surface area (Å²) in [6.07, 6.45) is 1.70. The Morgan fingerprint density at radius 3 is 2.73 bits per heavy atom. The lowest BCUT2D eigenvalue weighted by molar-refractivity contribution is -0.169. The molecule has 0 spiro atoms. The second kappa shape index (κ2) is 9.01. The van der Waals surface area contributed by atoms with Gasteiger partial charge >= 0.3 is 12.1 Å². The predicted octanol–water partition coefficient (Wildman–Crippen LogP) is 0.592. The van der Waals surface area contributed by atoms with E-state index in [1.165, 1.54) is 11.9 Å². The van der Waals surface area contributed by atoms with Crippen molar-refractivity contribution in [3.63, 3.8) is 0 Å². The normalized spacial score (nSPS) is 19.0. The maximum absolute atomic E-state index is 12.0. The third kappa shape index (κ3) is 5.34. The summed E-state index contributed by atoms with van der Waals surface area (Å²) in [5.41, 5.74) is 0. The molecule has 1 N–H and O–H groups in total. The lowest BCUT2D eigenvalue weighted by Gasteiger charge is -2.30. The highest BCUT2D eigenvalue weighted by Crippen LogP contribution is 2.19. The Hall–Kier alpha value is -2.12. The topological polar surface area (TPSA) is 102 Å². The molecule has 0 radical (unpaired) electrons. The number of ketones is 1. The molecule has 0 saturated heterocycles. The fraction of sp³-hybridized carbons (Fsp3) is 0.714. The molecule has 1 saturated carbocycles. The number of hydrogen-bond donors (Lipinski definition) is 1. The second-order valence-electron chi connectivity index (χ2n) is 5.05. The number of esters is 1. The van der Waals surface area contributed by atoms with E-state index in [1.807, 2.05) is 0 Å². The van der Waals surface area contributed by atoms with E-state index < -0.39 is 24.4 Å². The number of ether oxygens (including phenoxy) is 2. The second-order valence-corrected chi connectivity index (χ2v) is 5.05. The molecule has 2 amide bonds. The Morgan fingerprint density at radius 2 is 2.14 bits per heavy atom. The van der Waals surface area contributed by atoms with E-state index >= 15 is 0 Å². The summed E-state index contributed by atoms with van der Waals surface area (Å²) in [4.78, 5) is 46.6. The Kier molecular flexibility index (Phi) is 7.34. The van der Waals surface area contributed by atoms with E-state index in [1.54, 1.807) is 6.92 Å². The van der Waals surface area contributed by atoms with E-state index in [0.717, 1.165) is 12.8 Å². The average molecular weight is 314 g/mol. The molecule has 0 bridgehead atoms. The first-order chi connectivity index (χ1) is 10.5. The molecule has 1 aliphatic carbocycles. The summed E-state index contributed by atoms with van der Waals surface area (Å²) >= 11 is 0. The van der Waals surface area contributed by atoms with Crippen LogP contribution in [-0.2, 0) is 23.9 Å². The highest BCUT2D eigenvalue weighted by Gasteiger charge is 2.31. The first kappa shape index (κ1) is 17.9. The smallest absolute Gasteiger partial charge is 0.413 e. The molecule has 0 aromatic rings. The highest BCUT2D eigenvalue weighted by atomic mass is 16.7. The number of hydrogen-bond acceptors (Lipinski definition) is 6. The number of likely N-dealkylation sites (N-methyl/N-ethyl adjacent to an activating group) is 1. The molecule has 8 heteroatoms. The first-order valence-electron chi connectivity index (χ1n) is 7.32. The van der Waals surface area contributed by atoms with Gasteiger partial charge in [0.2, 0.25) is 12.7 Å². The van der Waals surface area contributed by atoms with Crippen molar-refractivity contribution in [2.24, 2.45) is 0 Å². The highest BCUT2D eigenvalue weighted by molar-refractivity contribution is 5.87. The maximum Gasteiger partial charge on any atom is 0.413 e. The molecule has 124 valence electrons. The quantitative estimate of drug-likeness (QED) is 0.419. The van der Waals surface area contributed by atoms with Gasteiger partial charge in [0, 0.05) is 19.9 Å². The zero-order valence-corrected chi connectivity index (χ0v) is 12.9. The molecule has 1 fully saturated rings. The van der Waals surface area contributed by atoms with Crippen molar-refractivity contribution < 1.29 is 28.7 Å². The fourth-order valence-electron chi connectivity index (χ4n) is 2.20. The van der Waals surface area contributed by atoms with Crippen LogP contribution in [0.5, 0.6) is 0 Å². The van der Waals surface area contributed by atoms with Crippen LogP contribution in [0.4, 0.5) is 4.79 Å². The zero-order chi connectivity index (χ0) is 16.5. The molecule has 0 heterocycles. The molecular weight excluding hydrogens is 292 g/mol. The molecule has 1 aliphatic rings. The van der Waals surface area contributed by atoms with Crippen molar-refractivity contribution in [2.45, 2.75) is 51.4 Å². The van der Waals surface area contributed by atoms with Crippen molar-refractivity contribution in [1.82, 2.24) is 10.2 Å². The zero-order valence-electron chi connectivity index (χ0n) is 12.9. The minimum Gasteiger partial charge on any atom is -0.424 e. The van der Waals surface area contributed by atoms with Gasteiger partial charge in [-0.05, 0) is 12.8 Å². The minimum absolute atomic E-state index is 0.0194.